The molecule has 2 aliphatic rings. The molecule has 1 saturated heterocycles. The monoisotopic (exact) mass is 536 g/mol. The van der Waals surface area contributed by atoms with E-state index in [1.807, 2.05) is 27.7 Å². The van der Waals surface area contributed by atoms with Gasteiger partial charge in [0.2, 0.25) is 17.7 Å². The van der Waals surface area contributed by atoms with E-state index in [-0.39, 0.29) is 67.1 Å². The minimum atomic E-state index is -1.25. The molecule has 2 heterocycles. The van der Waals surface area contributed by atoms with Gasteiger partial charge in [0.1, 0.15) is 24.4 Å². The van der Waals surface area contributed by atoms with Gasteiger partial charge in [-0.05, 0) is 36.5 Å². The van der Waals surface area contributed by atoms with E-state index in [2.05, 4.69) is 10.6 Å². The van der Waals surface area contributed by atoms with Gasteiger partial charge >= 0.3 is 0 Å². The van der Waals surface area contributed by atoms with Crippen LogP contribution in [0.3, 0.4) is 0 Å². The fourth-order valence-electron chi connectivity index (χ4n) is 4.45. The highest BCUT2D eigenvalue weighted by Crippen LogP contribution is 2.25. The smallest absolute Gasteiger partial charge is 0.255 e. The van der Waals surface area contributed by atoms with E-state index < -0.39 is 30.0 Å². The maximum absolute atomic E-state index is 13.6. The zero-order valence-electron chi connectivity index (χ0n) is 22.0. The highest BCUT2D eigenvalue weighted by molar-refractivity contribution is 6.31. The molecule has 3 atom stereocenters. The second-order valence-electron chi connectivity index (χ2n) is 10.6. The van der Waals surface area contributed by atoms with Gasteiger partial charge in [-0.1, -0.05) is 39.3 Å². The SMILES string of the molecule is CC(C)C[C@@H]1COc2ccc(Cl)cc2C(=O)N[C@@H](CC(=O)N2CC(O)C2)C(=O)N[C@@H](C(C)C)C(=O)N1C. The number of hydrogen-bond donors (Lipinski definition) is 3. The van der Waals surface area contributed by atoms with E-state index >= 15 is 0 Å². The van der Waals surface area contributed by atoms with Gasteiger partial charge in [-0.3, -0.25) is 19.2 Å². The summed E-state index contributed by atoms with van der Waals surface area (Å²) in [5.41, 5.74) is 0.119. The number of halogens is 1. The molecule has 0 bridgehead atoms. The Hall–Kier alpha value is -2.85. The number of β-amino-alcohol motifs (C(OH)–C–C–N with tert-alkyl or cyclic N) is 1. The normalized spacial score (nSPS) is 23.8. The van der Waals surface area contributed by atoms with Gasteiger partial charge < -0.3 is 30.3 Å². The molecular formula is C26H37ClN4O6. The van der Waals surface area contributed by atoms with E-state index in [1.165, 1.54) is 11.0 Å². The molecule has 37 heavy (non-hydrogen) atoms. The van der Waals surface area contributed by atoms with Crippen molar-refractivity contribution in [3.8, 4) is 5.75 Å². The van der Waals surface area contributed by atoms with Crippen molar-refractivity contribution in [1.82, 2.24) is 20.4 Å². The molecule has 204 valence electrons. The Morgan fingerprint density at radius 1 is 1.16 bits per heavy atom. The molecule has 10 nitrogen and oxygen atoms in total. The summed E-state index contributed by atoms with van der Waals surface area (Å²) < 4.78 is 6.05. The van der Waals surface area contributed by atoms with Crippen molar-refractivity contribution in [3.63, 3.8) is 0 Å². The summed E-state index contributed by atoms with van der Waals surface area (Å²) in [4.78, 5) is 56.1. The lowest BCUT2D eigenvalue weighted by Crippen LogP contribution is -2.59. The summed E-state index contributed by atoms with van der Waals surface area (Å²) >= 11 is 6.17. The highest BCUT2D eigenvalue weighted by Gasteiger charge is 2.37. The largest absolute Gasteiger partial charge is 0.491 e. The zero-order valence-corrected chi connectivity index (χ0v) is 22.7. The number of fused-ring (bicyclic) bond motifs is 1. The standard InChI is InChI=1S/C26H37ClN4O6/c1-14(2)8-17-13-37-21-7-6-16(27)9-19(21)24(34)28-20(10-22(33)31-11-18(32)12-31)25(35)29-23(15(3)4)26(36)30(17)5/h6-7,9,14-15,17-18,20,23,32H,8,10-13H2,1-5H3,(H,28,34)(H,29,35)/t17-,20+,23+/m1/s1. The van der Waals surface area contributed by atoms with Crippen LogP contribution in [-0.2, 0) is 14.4 Å². The van der Waals surface area contributed by atoms with Gasteiger partial charge in [0.05, 0.1) is 24.1 Å². The number of benzene rings is 1. The van der Waals surface area contributed by atoms with Crippen LogP contribution >= 0.6 is 11.6 Å². The first kappa shape index (κ1) is 28.7. The average Bonchev–Trinajstić information content (AvgIpc) is 2.81. The van der Waals surface area contributed by atoms with Crippen LogP contribution < -0.4 is 15.4 Å². The lowest BCUT2D eigenvalue weighted by molar-refractivity contribution is -0.144. The Balaban J connectivity index is 1.99. The fourth-order valence-corrected chi connectivity index (χ4v) is 4.62. The zero-order chi connectivity index (χ0) is 27.4. The Morgan fingerprint density at radius 3 is 2.43 bits per heavy atom. The van der Waals surface area contributed by atoms with Crippen LogP contribution in [-0.4, -0.2) is 89.5 Å². The molecule has 1 aromatic carbocycles. The van der Waals surface area contributed by atoms with Gasteiger partial charge in [0, 0.05) is 25.2 Å². The van der Waals surface area contributed by atoms with Crippen molar-refractivity contribution in [1.29, 1.82) is 0 Å². The van der Waals surface area contributed by atoms with Gasteiger partial charge in [-0.25, -0.2) is 0 Å². The van der Waals surface area contributed by atoms with Crippen molar-refractivity contribution in [2.75, 3.05) is 26.7 Å². The average molecular weight is 537 g/mol. The summed E-state index contributed by atoms with van der Waals surface area (Å²) in [6.07, 6.45) is -0.281. The lowest BCUT2D eigenvalue weighted by Gasteiger charge is -2.37. The van der Waals surface area contributed by atoms with Gasteiger partial charge in [0.15, 0.2) is 0 Å². The van der Waals surface area contributed by atoms with Crippen LogP contribution in [0.5, 0.6) is 5.75 Å². The van der Waals surface area contributed by atoms with Crippen LogP contribution in [0.2, 0.25) is 5.02 Å². The summed E-state index contributed by atoms with van der Waals surface area (Å²) in [5, 5.41) is 15.3. The molecule has 2 aliphatic heterocycles. The molecule has 0 aromatic heterocycles. The Bertz CT molecular complexity index is 1030. The van der Waals surface area contributed by atoms with Gasteiger partial charge in [0.25, 0.3) is 5.91 Å². The third-order valence-corrected chi connectivity index (χ3v) is 6.94. The number of ether oxygens (including phenoxy) is 1. The number of carbonyl (C=O) groups is 4. The van der Waals surface area contributed by atoms with Crippen LogP contribution in [0.25, 0.3) is 0 Å². The van der Waals surface area contributed by atoms with E-state index in [0.29, 0.717) is 11.4 Å². The maximum atomic E-state index is 13.6. The van der Waals surface area contributed by atoms with E-state index in [1.54, 1.807) is 24.1 Å². The third kappa shape index (κ3) is 7.13. The highest BCUT2D eigenvalue weighted by atomic mass is 35.5. The van der Waals surface area contributed by atoms with E-state index in [9.17, 15) is 24.3 Å². The molecule has 0 radical (unpaired) electrons. The molecule has 0 aliphatic carbocycles. The number of nitrogens with zero attached hydrogens (tertiary/aromatic N) is 2. The summed E-state index contributed by atoms with van der Waals surface area (Å²) in [7, 11) is 1.68. The predicted molar refractivity (Wildman–Crippen MR) is 138 cm³/mol. The molecule has 3 N–H and O–H groups in total. The molecular weight excluding hydrogens is 500 g/mol. The fraction of sp³-hybridized carbons (Fsp3) is 0.615. The second kappa shape index (κ2) is 12.1. The summed E-state index contributed by atoms with van der Waals surface area (Å²) in [6.45, 7) is 8.20. The predicted octanol–water partition coefficient (Wildman–Crippen LogP) is 1.44. The minimum Gasteiger partial charge on any atom is -0.491 e. The van der Waals surface area contributed by atoms with Crippen molar-refractivity contribution in [2.24, 2.45) is 11.8 Å². The molecule has 11 heteroatoms. The number of aliphatic hydroxyl groups is 1. The number of rotatable bonds is 5. The minimum absolute atomic E-state index is 0.119. The van der Waals surface area contributed by atoms with Crippen LogP contribution in [0.15, 0.2) is 18.2 Å². The molecule has 1 aromatic rings. The lowest BCUT2D eigenvalue weighted by atomic mass is 9.98. The van der Waals surface area contributed by atoms with Crippen molar-refractivity contribution < 1.29 is 29.0 Å². The van der Waals surface area contributed by atoms with Crippen LogP contribution in [0.4, 0.5) is 0 Å². The quantitative estimate of drug-likeness (QED) is 0.522. The number of hydrogen-bond acceptors (Lipinski definition) is 6. The number of likely N-dealkylation sites (N-methyl/N-ethyl adjacent to an activating group) is 1. The first-order valence-electron chi connectivity index (χ1n) is 12.6. The maximum Gasteiger partial charge on any atom is 0.255 e. The first-order valence-corrected chi connectivity index (χ1v) is 13.0. The molecule has 0 unspecified atom stereocenters. The van der Waals surface area contributed by atoms with E-state index in [0.717, 1.165) is 0 Å². The molecule has 3 rings (SSSR count). The van der Waals surface area contributed by atoms with Gasteiger partial charge in [-0.2, -0.15) is 0 Å². The Labute approximate surface area is 222 Å². The first-order chi connectivity index (χ1) is 17.4. The molecule has 0 saturated carbocycles. The number of likely N-dealkylation sites (tertiary alicyclic amines) is 1. The number of amides is 4. The van der Waals surface area contributed by atoms with Crippen molar-refractivity contribution in [2.45, 2.75) is 64.8 Å². The van der Waals surface area contributed by atoms with Crippen molar-refractivity contribution >= 4 is 35.2 Å². The third-order valence-electron chi connectivity index (χ3n) is 6.70. The number of carbonyl (C=O) groups excluding carboxylic acids is 4. The second-order valence-corrected chi connectivity index (χ2v) is 11.0. The van der Waals surface area contributed by atoms with Gasteiger partial charge in [-0.15, -0.1) is 0 Å². The van der Waals surface area contributed by atoms with E-state index in [4.69, 9.17) is 16.3 Å². The summed E-state index contributed by atoms with van der Waals surface area (Å²) in [5.74, 6) is -1.68. The Kier molecular flexibility index (Phi) is 9.41. The number of aliphatic hydroxyl groups excluding tert-OH is 1. The number of nitrogens with one attached hydrogen (secondary N) is 2. The van der Waals surface area contributed by atoms with Crippen molar-refractivity contribution in [3.05, 3.63) is 28.8 Å². The van der Waals surface area contributed by atoms with Crippen LogP contribution in [0, 0.1) is 11.8 Å². The summed E-state index contributed by atoms with van der Waals surface area (Å²) in [6, 6.07) is 2.17. The topological polar surface area (TPSA) is 128 Å². The van der Waals surface area contributed by atoms with Crippen LogP contribution in [0.1, 0.15) is 50.9 Å². The molecule has 1 fully saturated rings. The molecule has 0 spiro atoms. The molecule has 4 amide bonds. The Morgan fingerprint density at radius 2 is 1.84 bits per heavy atom.